The largest absolute Gasteiger partial charge is 0.365 e. The predicted octanol–water partition coefficient (Wildman–Crippen LogP) is 2.53. The Labute approximate surface area is 151 Å². The molecule has 0 bridgehead atoms. The topological polar surface area (TPSA) is 57.2 Å². The molecule has 1 saturated heterocycles. The summed E-state index contributed by atoms with van der Waals surface area (Å²) in [6, 6.07) is 8.91. The van der Waals surface area contributed by atoms with Crippen LogP contribution in [-0.4, -0.2) is 53.1 Å². The molecule has 1 aliphatic heterocycles. The van der Waals surface area contributed by atoms with E-state index in [-0.39, 0.29) is 5.82 Å². The molecule has 26 heavy (non-hydrogen) atoms. The van der Waals surface area contributed by atoms with Crippen LogP contribution in [0.25, 0.3) is 10.9 Å². The minimum absolute atomic E-state index is 0.329. The number of pyridine rings is 1. The Hall–Kier alpha value is -2.80. The summed E-state index contributed by atoms with van der Waals surface area (Å²) in [5.41, 5.74) is 1.43. The van der Waals surface area contributed by atoms with Gasteiger partial charge in [0.25, 0.3) is 0 Å². The molecule has 0 radical (unpaired) electrons. The number of nitrogens with one attached hydrogen (secondary N) is 1. The van der Waals surface area contributed by atoms with Crippen molar-refractivity contribution in [1.82, 2.24) is 19.9 Å². The van der Waals surface area contributed by atoms with E-state index in [2.05, 4.69) is 43.2 Å². The lowest BCUT2D eigenvalue weighted by Gasteiger charge is -2.34. The van der Waals surface area contributed by atoms with Crippen LogP contribution in [0.2, 0.25) is 0 Å². The van der Waals surface area contributed by atoms with Crippen LogP contribution in [0.1, 0.15) is 5.56 Å². The molecule has 4 rings (SSSR count). The second kappa shape index (κ2) is 7.21. The molecule has 1 fully saturated rings. The minimum Gasteiger partial charge on any atom is -0.365 e. The maximum atomic E-state index is 13.9. The van der Waals surface area contributed by atoms with Crippen molar-refractivity contribution in [2.24, 2.45) is 0 Å². The normalized spacial score (nSPS) is 15.4. The second-order valence-corrected chi connectivity index (χ2v) is 6.49. The van der Waals surface area contributed by atoms with Gasteiger partial charge in [0.05, 0.1) is 0 Å². The fourth-order valence-electron chi connectivity index (χ4n) is 3.24. The van der Waals surface area contributed by atoms with Crippen LogP contribution in [0.15, 0.2) is 42.9 Å². The van der Waals surface area contributed by atoms with Crippen molar-refractivity contribution >= 4 is 22.5 Å². The van der Waals surface area contributed by atoms with Gasteiger partial charge in [0.1, 0.15) is 29.3 Å². The summed E-state index contributed by atoms with van der Waals surface area (Å²) in [6.45, 7) is 4.54. The average Bonchev–Trinajstić information content (AvgIpc) is 2.68. The van der Waals surface area contributed by atoms with Gasteiger partial charge in [0, 0.05) is 49.9 Å². The van der Waals surface area contributed by atoms with E-state index >= 15 is 0 Å². The number of rotatable bonds is 4. The van der Waals surface area contributed by atoms with E-state index < -0.39 is 0 Å². The van der Waals surface area contributed by atoms with Crippen LogP contribution in [-0.2, 0) is 6.54 Å². The maximum Gasteiger partial charge on any atom is 0.149 e. The molecule has 1 aliphatic rings. The molecule has 2 aromatic heterocycles. The summed E-state index contributed by atoms with van der Waals surface area (Å²) in [6.07, 6.45) is 3.21. The summed E-state index contributed by atoms with van der Waals surface area (Å²) in [5, 5.41) is 4.00. The Balaban J connectivity index is 1.57. The Morgan fingerprint density at radius 2 is 1.88 bits per heavy atom. The summed E-state index contributed by atoms with van der Waals surface area (Å²) in [5.74, 6) is 1.28. The standard InChI is InChI=1S/C19H21FN6/c1-25-8-10-26(11-9-25)19-14(4-3-7-21-19)12-22-18-15-5-2-6-16(20)17(15)23-13-24-18/h2-7,13H,8-12H2,1H3,(H,22,23,24). The molecule has 6 nitrogen and oxygen atoms in total. The third kappa shape index (κ3) is 3.30. The van der Waals surface area contributed by atoms with E-state index in [1.807, 2.05) is 18.3 Å². The zero-order chi connectivity index (χ0) is 17.9. The third-order valence-corrected chi connectivity index (χ3v) is 4.73. The molecule has 0 spiro atoms. The van der Waals surface area contributed by atoms with Crippen LogP contribution < -0.4 is 10.2 Å². The molecule has 3 aromatic rings. The van der Waals surface area contributed by atoms with Gasteiger partial charge >= 0.3 is 0 Å². The Kier molecular flexibility index (Phi) is 4.62. The summed E-state index contributed by atoms with van der Waals surface area (Å²) in [4.78, 5) is 17.6. The molecule has 1 N–H and O–H groups in total. The number of hydrogen-bond acceptors (Lipinski definition) is 6. The molecule has 134 valence electrons. The molecule has 0 amide bonds. The molecule has 1 aromatic carbocycles. The fourth-order valence-corrected chi connectivity index (χ4v) is 3.24. The number of likely N-dealkylation sites (N-methyl/N-ethyl adjacent to an activating group) is 1. The maximum absolute atomic E-state index is 13.9. The molecular weight excluding hydrogens is 331 g/mol. The third-order valence-electron chi connectivity index (χ3n) is 4.73. The highest BCUT2D eigenvalue weighted by Crippen LogP contribution is 2.24. The lowest BCUT2D eigenvalue weighted by Crippen LogP contribution is -2.45. The number of aromatic nitrogens is 3. The van der Waals surface area contributed by atoms with Gasteiger partial charge in [-0.1, -0.05) is 12.1 Å². The highest BCUT2D eigenvalue weighted by molar-refractivity contribution is 5.89. The average molecular weight is 352 g/mol. The van der Waals surface area contributed by atoms with Crippen molar-refractivity contribution in [3.63, 3.8) is 0 Å². The molecule has 0 aliphatic carbocycles. The van der Waals surface area contributed by atoms with Crippen LogP contribution in [0.3, 0.4) is 0 Å². The van der Waals surface area contributed by atoms with Gasteiger partial charge in [-0.25, -0.2) is 19.3 Å². The highest BCUT2D eigenvalue weighted by Gasteiger charge is 2.18. The zero-order valence-corrected chi connectivity index (χ0v) is 14.7. The van der Waals surface area contributed by atoms with Crippen LogP contribution >= 0.6 is 0 Å². The number of hydrogen-bond donors (Lipinski definition) is 1. The van der Waals surface area contributed by atoms with Gasteiger partial charge < -0.3 is 15.1 Å². The number of halogens is 1. The van der Waals surface area contributed by atoms with E-state index in [0.29, 0.717) is 23.3 Å². The molecule has 7 heteroatoms. The van der Waals surface area contributed by atoms with Crippen LogP contribution in [0.4, 0.5) is 16.0 Å². The van der Waals surface area contributed by atoms with Crippen molar-refractivity contribution in [2.45, 2.75) is 6.54 Å². The van der Waals surface area contributed by atoms with Gasteiger partial charge in [-0.3, -0.25) is 0 Å². The fraction of sp³-hybridized carbons (Fsp3) is 0.316. The van der Waals surface area contributed by atoms with E-state index in [0.717, 1.165) is 37.6 Å². The number of piperazine rings is 1. The lowest BCUT2D eigenvalue weighted by atomic mass is 10.2. The molecule has 0 atom stereocenters. The Morgan fingerprint density at radius 1 is 1.04 bits per heavy atom. The summed E-state index contributed by atoms with van der Waals surface area (Å²) >= 11 is 0. The van der Waals surface area contributed by atoms with Gasteiger partial charge in [-0.15, -0.1) is 0 Å². The van der Waals surface area contributed by atoms with E-state index in [4.69, 9.17) is 0 Å². The van der Waals surface area contributed by atoms with Gasteiger partial charge in [0.2, 0.25) is 0 Å². The van der Waals surface area contributed by atoms with Crippen molar-refractivity contribution < 1.29 is 4.39 Å². The van der Waals surface area contributed by atoms with Crippen molar-refractivity contribution in [1.29, 1.82) is 0 Å². The summed E-state index contributed by atoms with van der Waals surface area (Å²) in [7, 11) is 2.14. The zero-order valence-electron chi connectivity index (χ0n) is 14.7. The van der Waals surface area contributed by atoms with E-state index in [1.54, 1.807) is 6.07 Å². The molecule has 0 saturated carbocycles. The first-order valence-electron chi connectivity index (χ1n) is 8.73. The Morgan fingerprint density at radius 3 is 2.73 bits per heavy atom. The highest BCUT2D eigenvalue weighted by atomic mass is 19.1. The number of benzene rings is 1. The first-order chi connectivity index (χ1) is 12.7. The van der Waals surface area contributed by atoms with E-state index in [1.165, 1.54) is 12.4 Å². The SMILES string of the molecule is CN1CCN(c2ncccc2CNc2ncnc3c(F)cccc23)CC1. The summed E-state index contributed by atoms with van der Waals surface area (Å²) < 4.78 is 13.9. The number of para-hydroxylation sites is 1. The monoisotopic (exact) mass is 352 g/mol. The first-order valence-corrected chi connectivity index (χ1v) is 8.73. The number of fused-ring (bicyclic) bond motifs is 1. The molecule has 0 unspecified atom stereocenters. The van der Waals surface area contributed by atoms with Crippen LogP contribution in [0.5, 0.6) is 0 Å². The van der Waals surface area contributed by atoms with Gasteiger partial charge in [-0.2, -0.15) is 0 Å². The van der Waals surface area contributed by atoms with Gasteiger partial charge in [-0.05, 0) is 25.2 Å². The van der Waals surface area contributed by atoms with Crippen LogP contribution in [0, 0.1) is 5.82 Å². The predicted molar refractivity (Wildman–Crippen MR) is 101 cm³/mol. The number of anilines is 2. The molecule has 3 heterocycles. The quantitative estimate of drug-likeness (QED) is 0.779. The smallest absolute Gasteiger partial charge is 0.149 e. The van der Waals surface area contributed by atoms with Crippen molar-refractivity contribution in [3.8, 4) is 0 Å². The lowest BCUT2D eigenvalue weighted by molar-refractivity contribution is 0.312. The van der Waals surface area contributed by atoms with E-state index in [9.17, 15) is 4.39 Å². The van der Waals surface area contributed by atoms with Gasteiger partial charge in [0.15, 0.2) is 0 Å². The Bertz CT molecular complexity index is 907. The second-order valence-electron chi connectivity index (χ2n) is 6.49. The van der Waals surface area contributed by atoms with Crippen molar-refractivity contribution in [3.05, 3.63) is 54.2 Å². The minimum atomic E-state index is -0.340. The molecular formula is C19H21FN6. The number of nitrogens with zero attached hydrogens (tertiary/aromatic N) is 5. The van der Waals surface area contributed by atoms with Crippen molar-refractivity contribution in [2.75, 3.05) is 43.4 Å². The first kappa shape index (κ1) is 16.7.